The van der Waals surface area contributed by atoms with Gasteiger partial charge in [-0.1, -0.05) is 6.07 Å². The molecule has 8 heteroatoms. The van der Waals surface area contributed by atoms with Crippen LogP contribution in [0.25, 0.3) is 0 Å². The predicted molar refractivity (Wildman–Crippen MR) is 95.2 cm³/mol. The Morgan fingerprint density at radius 2 is 1.81 bits per heavy atom. The Labute approximate surface area is 156 Å². The molecular weight excluding hydrogens is 359 g/mol. The van der Waals surface area contributed by atoms with E-state index in [1.165, 1.54) is 6.07 Å². The normalized spacial score (nSPS) is 21.3. The number of likely N-dealkylation sites (tertiary alicyclic amines) is 1. The highest BCUT2D eigenvalue weighted by molar-refractivity contribution is 5.89. The Morgan fingerprint density at radius 1 is 1.15 bits per heavy atom. The van der Waals surface area contributed by atoms with Gasteiger partial charge in [-0.2, -0.15) is 13.2 Å². The van der Waals surface area contributed by atoms with E-state index in [9.17, 15) is 22.8 Å². The largest absolute Gasteiger partial charge is 0.416 e. The van der Waals surface area contributed by atoms with Gasteiger partial charge in [0, 0.05) is 50.9 Å². The van der Waals surface area contributed by atoms with E-state index in [0.29, 0.717) is 38.4 Å². The standard InChI is InChI=1S/C19H24F3N3O2/c1-13(2)25-12-14(10-17(25)26)18(27)24-8-6-23(7-9-24)16-5-3-4-15(11-16)19(20,21)22/h3-5,11,13-14H,6-10,12H2,1-2H3/t14-/m1/s1. The van der Waals surface area contributed by atoms with Crippen molar-refractivity contribution in [1.29, 1.82) is 0 Å². The molecule has 148 valence electrons. The van der Waals surface area contributed by atoms with Crippen LogP contribution in [0.15, 0.2) is 24.3 Å². The minimum atomic E-state index is -4.37. The summed E-state index contributed by atoms with van der Waals surface area (Å²) in [5, 5.41) is 0. The molecule has 0 spiro atoms. The first-order valence-corrected chi connectivity index (χ1v) is 9.17. The van der Waals surface area contributed by atoms with Crippen molar-refractivity contribution in [1.82, 2.24) is 9.80 Å². The highest BCUT2D eigenvalue weighted by Gasteiger charge is 2.38. The summed E-state index contributed by atoms with van der Waals surface area (Å²) >= 11 is 0. The van der Waals surface area contributed by atoms with Gasteiger partial charge in [-0.3, -0.25) is 9.59 Å². The number of hydrogen-bond acceptors (Lipinski definition) is 3. The minimum absolute atomic E-state index is 0.00551. The third kappa shape index (κ3) is 4.20. The lowest BCUT2D eigenvalue weighted by molar-refractivity contribution is -0.137. The van der Waals surface area contributed by atoms with E-state index in [4.69, 9.17) is 0 Å². The summed E-state index contributed by atoms with van der Waals surface area (Å²) in [7, 11) is 0. The van der Waals surface area contributed by atoms with Crippen molar-refractivity contribution in [2.24, 2.45) is 5.92 Å². The Balaban J connectivity index is 1.59. The number of piperazine rings is 1. The number of nitrogens with zero attached hydrogens (tertiary/aromatic N) is 3. The fourth-order valence-corrected chi connectivity index (χ4v) is 3.72. The van der Waals surface area contributed by atoms with Crippen LogP contribution in [-0.2, 0) is 15.8 Å². The number of carbonyl (C=O) groups excluding carboxylic acids is 2. The first-order valence-electron chi connectivity index (χ1n) is 9.17. The third-order valence-electron chi connectivity index (χ3n) is 5.26. The molecule has 1 atom stereocenters. The van der Waals surface area contributed by atoms with E-state index in [1.54, 1.807) is 15.9 Å². The Morgan fingerprint density at radius 3 is 2.37 bits per heavy atom. The van der Waals surface area contributed by atoms with Gasteiger partial charge in [0.05, 0.1) is 11.5 Å². The molecule has 0 radical (unpaired) electrons. The quantitative estimate of drug-likeness (QED) is 0.806. The van der Waals surface area contributed by atoms with Gasteiger partial charge < -0.3 is 14.7 Å². The lowest BCUT2D eigenvalue weighted by atomic mass is 10.1. The number of halogens is 3. The molecule has 3 rings (SSSR count). The molecule has 0 saturated carbocycles. The number of benzene rings is 1. The zero-order valence-electron chi connectivity index (χ0n) is 15.5. The number of hydrogen-bond donors (Lipinski definition) is 0. The summed E-state index contributed by atoms with van der Waals surface area (Å²) in [6, 6.07) is 5.34. The minimum Gasteiger partial charge on any atom is -0.368 e. The summed E-state index contributed by atoms with van der Waals surface area (Å²) in [5.41, 5.74) is -0.157. The monoisotopic (exact) mass is 383 g/mol. The second-order valence-corrected chi connectivity index (χ2v) is 7.40. The number of rotatable bonds is 3. The van der Waals surface area contributed by atoms with Crippen molar-refractivity contribution in [2.45, 2.75) is 32.5 Å². The topological polar surface area (TPSA) is 43.9 Å². The average molecular weight is 383 g/mol. The fraction of sp³-hybridized carbons (Fsp3) is 0.579. The smallest absolute Gasteiger partial charge is 0.368 e. The molecule has 1 aromatic carbocycles. The molecule has 0 unspecified atom stereocenters. The van der Waals surface area contributed by atoms with Crippen molar-refractivity contribution < 1.29 is 22.8 Å². The molecule has 2 heterocycles. The van der Waals surface area contributed by atoms with Crippen LogP contribution < -0.4 is 4.90 Å². The molecule has 2 aliphatic rings. The molecule has 2 fully saturated rings. The van der Waals surface area contributed by atoms with Crippen LogP contribution in [0.1, 0.15) is 25.8 Å². The summed E-state index contributed by atoms with van der Waals surface area (Å²) in [4.78, 5) is 30.1. The molecule has 0 aliphatic carbocycles. The molecule has 0 N–H and O–H groups in total. The van der Waals surface area contributed by atoms with E-state index in [-0.39, 0.29) is 30.2 Å². The Kier molecular flexibility index (Phi) is 5.35. The van der Waals surface area contributed by atoms with Crippen LogP contribution in [-0.4, -0.2) is 60.4 Å². The molecular formula is C19H24F3N3O2. The Hall–Kier alpha value is -2.25. The van der Waals surface area contributed by atoms with Gasteiger partial charge in [-0.25, -0.2) is 0 Å². The number of carbonyl (C=O) groups is 2. The molecule has 2 saturated heterocycles. The maximum Gasteiger partial charge on any atom is 0.416 e. The number of alkyl halides is 3. The van der Waals surface area contributed by atoms with E-state index >= 15 is 0 Å². The summed E-state index contributed by atoms with van der Waals surface area (Å²) < 4.78 is 38.7. The van der Waals surface area contributed by atoms with Crippen molar-refractivity contribution in [2.75, 3.05) is 37.6 Å². The average Bonchev–Trinajstić information content (AvgIpc) is 3.03. The van der Waals surface area contributed by atoms with Crippen LogP contribution in [0.5, 0.6) is 0 Å². The van der Waals surface area contributed by atoms with Crippen molar-refractivity contribution >= 4 is 17.5 Å². The van der Waals surface area contributed by atoms with Crippen LogP contribution in [0.3, 0.4) is 0 Å². The maximum absolute atomic E-state index is 12.9. The van der Waals surface area contributed by atoms with Gasteiger partial charge in [-0.15, -0.1) is 0 Å². The zero-order chi connectivity index (χ0) is 19.8. The maximum atomic E-state index is 12.9. The lowest BCUT2D eigenvalue weighted by Crippen LogP contribution is -2.50. The SMILES string of the molecule is CC(C)N1C[C@H](C(=O)N2CCN(c3cccc(C(F)(F)F)c3)CC2)CC1=O. The molecule has 0 bridgehead atoms. The predicted octanol–water partition coefficient (Wildman–Crippen LogP) is 2.61. The van der Waals surface area contributed by atoms with Gasteiger partial charge in [0.2, 0.25) is 11.8 Å². The Bertz CT molecular complexity index is 712. The zero-order valence-corrected chi connectivity index (χ0v) is 15.5. The van der Waals surface area contributed by atoms with E-state index < -0.39 is 11.7 Å². The van der Waals surface area contributed by atoms with Gasteiger partial charge in [0.15, 0.2) is 0 Å². The first kappa shape index (κ1) is 19.5. The van der Waals surface area contributed by atoms with Gasteiger partial charge in [0.25, 0.3) is 0 Å². The summed E-state index contributed by atoms with van der Waals surface area (Å²) in [6.07, 6.45) is -4.13. The second kappa shape index (κ2) is 7.40. The molecule has 2 aliphatic heterocycles. The first-order chi connectivity index (χ1) is 12.7. The molecule has 0 aromatic heterocycles. The van der Waals surface area contributed by atoms with Gasteiger partial charge >= 0.3 is 6.18 Å². The lowest BCUT2D eigenvalue weighted by Gasteiger charge is -2.37. The number of amides is 2. The van der Waals surface area contributed by atoms with Crippen LogP contribution in [0, 0.1) is 5.92 Å². The van der Waals surface area contributed by atoms with Gasteiger partial charge in [-0.05, 0) is 32.0 Å². The van der Waals surface area contributed by atoms with Crippen LogP contribution >= 0.6 is 0 Å². The summed E-state index contributed by atoms with van der Waals surface area (Å²) in [6.45, 7) is 6.15. The molecule has 1 aromatic rings. The van der Waals surface area contributed by atoms with Crippen molar-refractivity contribution in [3.63, 3.8) is 0 Å². The van der Waals surface area contributed by atoms with E-state index in [1.807, 2.05) is 18.7 Å². The second-order valence-electron chi connectivity index (χ2n) is 7.40. The van der Waals surface area contributed by atoms with Crippen molar-refractivity contribution in [3.05, 3.63) is 29.8 Å². The molecule has 5 nitrogen and oxygen atoms in total. The highest BCUT2D eigenvalue weighted by Crippen LogP contribution is 2.32. The van der Waals surface area contributed by atoms with Crippen LogP contribution in [0.2, 0.25) is 0 Å². The summed E-state index contributed by atoms with van der Waals surface area (Å²) in [5.74, 6) is -0.346. The van der Waals surface area contributed by atoms with Crippen molar-refractivity contribution in [3.8, 4) is 0 Å². The number of anilines is 1. The highest BCUT2D eigenvalue weighted by atomic mass is 19.4. The van der Waals surface area contributed by atoms with Crippen LogP contribution in [0.4, 0.5) is 18.9 Å². The van der Waals surface area contributed by atoms with Gasteiger partial charge in [0.1, 0.15) is 0 Å². The molecule has 27 heavy (non-hydrogen) atoms. The van der Waals surface area contributed by atoms with E-state index in [0.717, 1.165) is 12.1 Å². The third-order valence-corrected chi connectivity index (χ3v) is 5.26. The molecule has 2 amide bonds. The fourth-order valence-electron chi connectivity index (χ4n) is 3.72. The van der Waals surface area contributed by atoms with E-state index in [2.05, 4.69) is 0 Å².